The largest absolute Gasteiger partial charge is 0.444 e. The number of aromatic nitrogens is 2. The molecule has 0 bridgehead atoms. The van der Waals surface area contributed by atoms with E-state index in [2.05, 4.69) is 14.9 Å². The zero-order valence-corrected chi connectivity index (χ0v) is 16.7. The summed E-state index contributed by atoms with van der Waals surface area (Å²) in [4.78, 5) is 24.9. The van der Waals surface area contributed by atoms with E-state index in [9.17, 15) is 9.18 Å². The Balaban J connectivity index is 1.49. The van der Waals surface area contributed by atoms with Crippen molar-refractivity contribution in [3.8, 4) is 0 Å². The van der Waals surface area contributed by atoms with Gasteiger partial charge in [0.25, 0.3) is 0 Å². The molecule has 1 aliphatic heterocycles. The number of hydrogen-bond acceptors (Lipinski definition) is 5. The maximum absolute atomic E-state index is 13.0. The maximum Gasteiger partial charge on any atom is 0.410 e. The summed E-state index contributed by atoms with van der Waals surface area (Å²) in [5.74, 6) is 0.456. The SMILES string of the molecule is CC(C)(C)OC(=O)N1CCN(c2ncc(CCc3ccc(F)cc3)cn2)CC1. The minimum atomic E-state index is -0.485. The Morgan fingerprint density at radius 2 is 1.57 bits per heavy atom. The summed E-state index contributed by atoms with van der Waals surface area (Å²) < 4.78 is 18.4. The summed E-state index contributed by atoms with van der Waals surface area (Å²) >= 11 is 0. The number of halogens is 1. The van der Waals surface area contributed by atoms with Crippen LogP contribution in [0.25, 0.3) is 0 Å². The van der Waals surface area contributed by atoms with Gasteiger partial charge in [0, 0.05) is 38.6 Å². The molecule has 1 fully saturated rings. The highest BCUT2D eigenvalue weighted by atomic mass is 19.1. The molecule has 6 nitrogen and oxygen atoms in total. The van der Waals surface area contributed by atoms with Crippen LogP contribution in [0.5, 0.6) is 0 Å². The second-order valence-corrected chi connectivity index (χ2v) is 7.97. The summed E-state index contributed by atoms with van der Waals surface area (Å²) in [5, 5.41) is 0. The van der Waals surface area contributed by atoms with Crippen molar-refractivity contribution in [2.45, 2.75) is 39.2 Å². The van der Waals surface area contributed by atoms with Crippen LogP contribution in [0.1, 0.15) is 31.9 Å². The van der Waals surface area contributed by atoms with E-state index < -0.39 is 5.60 Å². The monoisotopic (exact) mass is 386 g/mol. The van der Waals surface area contributed by atoms with E-state index >= 15 is 0 Å². The third-order valence-electron chi connectivity index (χ3n) is 4.52. The minimum Gasteiger partial charge on any atom is -0.444 e. The minimum absolute atomic E-state index is 0.219. The molecule has 0 radical (unpaired) electrons. The van der Waals surface area contributed by atoms with Crippen molar-refractivity contribution in [1.82, 2.24) is 14.9 Å². The fourth-order valence-corrected chi connectivity index (χ4v) is 3.00. The average molecular weight is 386 g/mol. The third kappa shape index (κ3) is 5.65. The van der Waals surface area contributed by atoms with Gasteiger partial charge in [-0.25, -0.2) is 19.2 Å². The number of carbonyl (C=O) groups is 1. The molecule has 0 aliphatic carbocycles. The number of aryl methyl sites for hydroxylation is 2. The molecule has 1 aromatic heterocycles. The first-order chi connectivity index (χ1) is 13.3. The van der Waals surface area contributed by atoms with Crippen LogP contribution in [0.2, 0.25) is 0 Å². The molecule has 7 heteroatoms. The Hall–Kier alpha value is -2.70. The number of carbonyl (C=O) groups excluding carboxylic acids is 1. The zero-order valence-electron chi connectivity index (χ0n) is 16.7. The van der Waals surface area contributed by atoms with E-state index in [4.69, 9.17) is 4.74 Å². The molecule has 2 heterocycles. The number of anilines is 1. The van der Waals surface area contributed by atoms with Crippen LogP contribution < -0.4 is 4.90 Å². The predicted octanol–water partition coefficient (Wildman–Crippen LogP) is 3.46. The van der Waals surface area contributed by atoms with E-state index in [-0.39, 0.29) is 11.9 Å². The number of piperazine rings is 1. The van der Waals surface area contributed by atoms with Crippen LogP contribution in [-0.4, -0.2) is 52.7 Å². The maximum atomic E-state index is 13.0. The molecule has 0 saturated carbocycles. The Morgan fingerprint density at radius 3 is 2.14 bits per heavy atom. The Bertz CT molecular complexity index is 780. The number of nitrogens with zero attached hydrogens (tertiary/aromatic N) is 4. The lowest BCUT2D eigenvalue weighted by atomic mass is 10.1. The van der Waals surface area contributed by atoms with Crippen molar-refractivity contribution in [2.75, 3.05) is 31.1 Å². The van der Waals surface area contributed by atoms with Crippen LogP contribution in [0.15, 0.2) is 36.7 Å². The van der Waals surface area contributed by atoms with Crippen molar-refractivity contribution in [2.24, 2.45) is 0 Å². The molecule has 28 heavy (non-hydrogen) atoms. The quantitative estimate of drug-likeness (QED) is 0.805. The van der Waals surface area contributed by atoms with Crippen molar-refractivity contribution in [3.63, 3.8) is 0 Å². The molecular weight excluding hydrogens is 359 g/mol. The lowest BCUT2D eigenvalue weighted by Gasteiger charge is -2.35. The number of amides is 1. The van der Waals surface area contributed by atoms with Crippen molar-refractivity contribution < 1.29 is 13.9 Å². The van der Waals surface area contributed by atoms with Gasteiger partial charge in [-0.15, -0.1) is 0 Å². The third-order valence-corrected chi connectivity index (χ3v) is 4.52. The van der Waals surface area contributed by atoms with Crippen LogP contribution in [-0.2, 0) is 17.6 Å². The summed E-state index contributed by atoms with van der Waals surface area (Å²) in [6.45, 7) is 8.13. The van der Waals surface area contributed by atoms with Crippen LogP contribution in [0, 0.1) is 5.82 Å². The summed E-state index contributed by atoms with van der Waals surface area (Å²) in [7, 11) is 0. The fraction of sp³-hybridized carbons (Fsp3) is 0.476. The molecule has 0 atom stereocenters. The second kappa shape index (κ2) is 8.54. The van der Waals surface area contributed by atoms with Gasteiger partial charge in [0.2, 0.25) is 5.95 Å². The van der Waals surface area contributed by atoms with Crippen molar-refractivity contribution in [1.29, 1.82) is 0 Å². The summed E-state index contributed by atoms with van der Waals surface area (Å²) in [6.07, 6.45) is 5.03. The van der Waals surface area contributed by atoms with Gasteiger partial charge >= 0.3 is 6.09 Å². The molecule has 150 valence electrons. The average Bonchev–Trinajstić information content (AvgIpc) is 2.67. The van der Waals surface area contributed by atoms with E-state index in [1.807, 2.05) is 33.2 Å². The summed E-state index contributed by atoms with van der Waals surface area (Å²) in [6, 6.07) is 6.56. The van der Waals surface area contributed by atoms with Gasteiger partial charge in [-0.1, -0.05) is 12.1 Å². The predicted molar refractivity (Wildman–Crippen MR) is 106 cm³/mol. The first kappa shape index (κ1) is 20.0. The summed E-state index contributed by atoms with van der Waals surface area (Å²) in [5.41, 5.74) is 1.64. The lowest BCUT2D eigenvalue weighted by molar-refractivity contribution is 0.0240. The van der Waals surface area contributed by atoms with E-state index in [1.165, 1.54) is 12.1 Å². The number of benzene rings is 1. The Kier molecular flexibility index (Phi) is 6.11. The molecule has 1 aliphatic rings. The van der Waals surface area contributed by atoms with Gasteiger partial charge < -0.3 is 14.5 Å². The Morgan fingerprint density at radius 1 is 1.00 bits per heavy atom. The van der Waals surface area contributed by atoms with Gasteiger partial charge in [-0.2, -0.15) is 0 Å². The first-order valence-corrected chi connectivity index (χ1v) is 9.58. The Labute approximate surface area is 165 Å². The molecule has 1 saturated heterocycles. The van der Waals surface area contributed by atoms with E-state index in [1.54, 1.807) is 17.0 Å². The smallest absolute Gasteiger partial charge is 0.410 e. The van der Waals surface area contributed by atoms with Crippen molar-refractivity contribution in [3.05, 3.63) is 53.6 Å². The highest BCUT2D eigenvalue weighted by Crippen LogP contribution is 2.15. The normalized spacial score (nSPS) is 14.9. The van der Waals surface area contributed by atoms with Crippen LogP contribution in [0.3, 0.4) is 0 Å². The molecule has 0 unspecified atom stereocenters. The topological polar surface area (TPSA) is 58.6 Å². The lowest BCUT2D eigenvalue weighted by Crippen LogP contribution is -2.50. The fourth-order valence-electron chi connectivity index (χ4n) is 3.00. The van der Waals surface area contributed by atoms with Gasteiger partial charge in [0.15, 0.2) is 0 Å². The van der Waals surface area contributed by atoms with Gasteiger partial charge in [-0.05, 0) is 56.9 Å². The molecule has 0 N–H and O–H groups in total. The van der Waals surface area contributed by atoms with E-state index in [0.29, 0.717) is 32.1 Å². The highest BCUT2D eigenvalue weighted by molar-refractivity contribution is 5.68. The molecular formula is C21H27FN4O2. The standard InChI is InChI=1S/C21H27FN4O2/c1-21(2,3)28-20(27)26-12-10-25(11-13-26)19-23-14-17(15-24-19)5-4-16-6-8-18(22)9-7-16/h6-9,14-15H,4-5,10-13H2,1-3H3. The first-order valence-electron chi connectivity index (χ1n) is 9.58. The second-order valence-electron chi connectivity index (χ2n) is 7.97. The highest BCUT2D eigenvalue weighted by Gasteiger charge is 2.26. The van der Waals surface area contributed by atoms with Crippen LogP contribution >= 0.6 is 0 Å². The zero-order chi connectivity index (χ0) is 20.1. The van der Waals surface area contributed by atoms with Gasteiger partial charge in [0.1, 0.15) is 11.4 Å². The van der Waals surface area contributed by atoms with Gasteiger partial charge in [0.05, 0.1) is 0 Å². The molecule has 1 amide bonds. The van der Waals surface area contributed by atoms with Gasteiger partial charge in [-0.3, -0.25) is 0 Å². The number of rotatable bonds is 4. The van der Waals surface area contributed by atoms with Crippen molar-refractivity contribution >= 4 is 12.0 Å². The van der Waals surface area contributed by atoms with E-state index in [0.717, 1.165) is 24.0 Å². The number of ether oxygens (including phenoxy) is 1. The molecule has 3 rings (SSSR count). The van der Waals surface area contributed by atoms with Crippen LogP contribution in [0.4, 0.5) is 15.1 Å². The molecule has 1 aromatic carbocycles. The number of hydrogen-bond donors (Lipinski definition) is 0. The molecule has 2 aromatic rings. The molecule has 0 spiro atoms.